The van der Waals surface area contributed by atoms with Gasteiger partial charge >= 0.3 is 5.97 Å². The molecule has 0 aliphatic heterocycles. The Hall–Kier alpha value is -2.63. The van der Waals surface area contributed by atoms with Gasteiger partial charge in [0.2, 0.25) is 5.91 Å². The van der Waals surface area contributed by atoms with Crippen LogP contribution in [0.25, 0.3) is 0 Å². The van der Waals surface area contributed by atoms with Crippen molar-refractivity contribution in [1.29, 1.82) is 0 Å². The Morgan fingerprint density at radius 2 is 2.20 bits per heavy atom. The van der Waals surface area contributed by atoms with E-state index in [0.717, 1.165) is 0 Å². The molecule has 0 bridgehead atoms. The van der Waals surface area contributed by atoms with Gasteiger partial charge in [-0.3, -0.25) is 9.48 Å². The van der Waals surface area contributed by atoms with Crippen LogP contribution in [0, 0.1) is 6.92 Å². The third-order valence-electron chi connectivity index (χ3n) is 2.87. The van der Waals surface area contributed by atoms with Gasteiger partial charge in [-0.15, -0.1) is 0 Å². The number of aromatic nitrogens is 2. The molecule has 6 heteroatoms. The SMILES string of the molecule is Cc1cc(NC(=O)CCn2cccn2)ccc1C(=O)O. The van der Waals surface area contributed by atoms with Crippen LogP contribution in [-0.2, 0) is 11.3 Å². The number of carboxylic acid groups (broad SMARTS) is 1. The molecule has 0 saturated heterocycles. The molecular weight excluding hydrogens is 258 g/mol. The Labute approximate surface area is 116 Å². The van der Waals surface area contributed by atoms with Crippen LogP contribution in [-0.4, -0.2) is 26.8 Å². The van der Waals surface area contributed by atoms with Gasteiger partial charge in [0, 0.05) is 31.0 Å². The monoisotopic (exact) mass is 273 g/mol. The highest BCUT2D eigenvalue weighted by Gasteiger charge is 2.08. The lowest BCUT2D eigenvalue weighted by atomic mass is 10.1. The summed E-state index contributed by atoms with van der Waals surface area (Å²) in [6.07, 6.45) is 3.76. The van der Waals surface area contributed by atoms with Crippen molar-refractivity contribution < 1.29 is 14.7 Å². The van der Waals surface area contributed by atoms with Crippen LogP contribution in [0.15, 0.2) is 36.7 Å². The third-order valence-corrected chi connectivity index (χ3v) is 2.87. The van der Waals surface area contributed by atoms with E-state index in [-0.39, 0.29) is 11.5 Å². The van der Waals surface area contributed by atoms with Crippen molar-refractivity contribution in [3.8, 4) is 0 Å². The van der Waals surface area contributed by atoms with Crippen molar-refractivity contribution in [1.82, 2.24) is 9.78 Å². The molecule has 2 aromatic rings. The molecule has 20 heavy (non-hydrogen) atoms. The van der Waals surface area contributed by atoms with Crippen LogP contribution in [0.4, 0.5) is 5.69 Å². The second-order valence-electron chi connectivity index (χ2n) is 4.40. The van der Waals surface area contributed by atoms with Gasteiger partial charge in [-0.25, -0.2) is 4.79 Å². The molecule has 0 saturated carbocycles. The van der Waals surface area contributed by atoms with Crippen molar-refractivity contribution in [3.63, 3.8) is 0 Å². The number of hydrogen-bond acceptors (Lipinski definition) is 3. The first-order valence-corrected chi connectivity index (χ1v) is 6.17. The summed E-state index contributed by atoms with van der Waals surface area (Å²) in [5.41, 5.74) is 1.44. The zero-order valence-electron chi connectivity index (χ0n) is 11.0. The fourth-order valence-corrected chi connectivity index (χ4v) is 1.85. The van der Waals surface area contributed by atoms with Gasteiger partial charge < -0.3 is 10.4 Å². The number of hydrogen-bond donors (Lipinski definition) is 2. The number of aryl methyl sites for hydroxylation is 2. The summed E-state index contributed by atoms with van der Waals surface area (Å²) < 4.78 is 1.68. The molecule has 104 valence electrons. The van der Waals surface area contributed by atoms with Gasteiger partial charge in [0.1, 0.15) is 0 Å². The summed E-state index contributed by atoms with van der Waals surface area (Å²) in [7, 11) is 0. The zero-order valence-corrected chi connectivity index (χ0v) is 11.0. The van der Waals surface area contributed by atoms with Crippen molar-refractivity contribution in [3.05, 3.63) is 47.8 Å². The highest BCUT2D eigenvalue weighted by Crippen LogP contribution is 2.15. The fraction of sp³-hybridized carbons (Fsp3) is 0.214. The Morgan fingerprint density at radius 3 is 2.80 bits per heavy atom. The number of carbonyl (C=O) groups excluding carboxylic acids is 1. The molecule has 0 spiro atoms. The minimum atomic E-state index is -0.973. The number of anilines is 1. The molecule has 0 aliphatic rings. The van der Waals surface area contributed by atoms with Crippen LogP contribution in [0.5, 0.6) is 0 Å². The predicted molar refractivity (Wildman–Crippen MR) is 73.6 cm³/mol. The highest BCUT2D eigenvalue weighted by molar-refractivity contribution is 5.93. The average molecular weight is 273 g/mol. The Balaban J connectivity index is 1.94. The number of nitrogens with one attached hydrogen (secondary N) is 1. The quantitative estimate of drug-likeness (QED) is 0.871. The number of amides is 1. The minimum Gasteiger partial charge on any atom is -0.478 e. The van der Waals surface area contributed by atoms with E-state index in [9.17, 15) is 9.59 Å². The van der Waals surface area contributed by atoms with Gasteiger partial charge in [-0.05, 0) is 36.8 Å². The molecule has 0 aliphatic carbocycles. The van der Waals surface area contributed by atoms with Gasteiger partial charge in [0.05, 0.1) is 5.56 Å². The Kier molecular flexibility index (Phi) is 4.14. The molecule has 0 atom stereocenters. The summed E-state index contributed by atoms with van der Waals surface area (Å²) in [5, 5.41) is 15.7. The van der Waals surface area contributed by atoms with Crippen LogP contribution in [0.2, 0.25) is 0 Å². The predicted octanol–water partition coefficient (Wildman–Crippen LogP) is 1.92. The molecular formula is C14H15N3O3. The maximum Gasteiger partial charge on any atom is 0.335 e. The number of nitrogens with zero attached hydrogens (tertiary/aromatic N) is 2. The minimum absolute atomic E-state index is 0.136. The highest BCUT2D eigenvalue weighted by atomic mass is 16.4. The number of aromatic carboxylic acids is 1. The first-order valence-electron chi connectivity index (χ1n) is 6.17. The van der Waals surface area contributed by atoms with Crippen LogP contribution >= 0.6 is 0 Å². The third kappa shape index (κ3) is 3.44. The number of carbonyl (C=O) groups is 2. The second-order valence-corrected chi connectivity index (χ2v) is 4.40. The maximum absolute atomic E-state index is 11.8. The molecule has 2 N–H and O–H groups in total. The maximum atomic E-state index is 11.8. The van der Waals surface area contributed by atoms with E-state index < -0.39 is 5.97 Å². The van der Waals surface area contributed by atoms with E-state index >= 15 is 0 Å². The smallest absolute Gasteiger partial charge is 0.335 e. The van der Waals surface area contributed by atoms with Gasteiger partial charge in [0.25, 0.3) is 0 Å². The summed E-state index contributed by atoms with van der Waals surface area (Å²) in [5.74, 6) is -1.11. The normalized spacial score (nSPS) is 10.2. The van der Waals surface area contributed by atoms with Crippen molar-refractivity contribution in [2.45, 2.75) is 19.9 Å². The van der Waals surface area contributed by atoms with E-state index in [0.29, 0.717) is 24.2 Å². The van der Waals surface area contributed by atoms with Crippen LogP contribution in [0.3, 0.4) is 0 Å². The van der Waals surface area contributed by atoms with E-state index in [1.54, 1.807) is 42.2 Å². The van der Waals surface area contributed by atoms with Gasteiger partial charge in [-0.1, -0.05) is 0 Å². The molecule has 1 aromatic heterocycles. The molecule has 1 amide bonds. The molecule has 1 aromatic carbocycles. The Morgan fingerprint density at radius 1 is 1.40 bits per heavy atom. The van der Waals surface area contributed by atoms with Gasteiger partial charge in [-0.2, -0.15) is 5.10 Å². The fourth-order valence-electron chi connectivity index (χ4n) is 1.85. The number of rotatable bonds is 5. The molecule has 0 unspecified atom stereocenters. The number of benzene rings is 1. The molecule has 0 radical (unpaired) electrons. The van der Waals surface area contributed by atoms with E-state index in [1.807, 2.05) is 0 Å². The van der Waals surface area contributed by atoms with Gasteiger partial charge in [0.15, 0.2) is 0 Å². The van der Waals surface area contributed by atoms with Crippen molar-refractivity contribution in [2.24, 2.45) is 0 Å². The average Bonchev–Trinajstić information content (AvgIpc) is 2.89. The molecule has 1 heterocycles. The second kappa shape index (κ2) is 6.01. The van der Waals surface area contributed by atoms with Crippen molar-refractivity contribution >= 4 is 17.6 Å². The van der Waals surface area contributed by atoms with Crippen molar-refractivity contribution in [2.75, 3.05) is 5.32 Å². The summed E-state index contributed by atoms with van der Waals surface area (Å²) in [6.45, 7) is 2.20. The summed E-state index contributed by atoms with van der Waals surface area (Å²) in [4.78, 5) is 22.7. The first kappa shape index (κ1) is 13.8. The topological polar surface area (TPSA) is 84.2 Å². The summed E-state index contributed by atoms with van der Waals surface area (Å²) in [6, 6.07) is 6.52. The molecule has 6 nitrogen and oxygen atoms in total. The standard InChI is InChI=1S/C14H15N3O3/c1-10-9-11(3-4-12(10)14(19)20)16-13(18)5-8-17-7-2-6-15-17/h2-4,6-7,9H,5,8H2,1H3,(H,16,18)(H,19,20). The first-order chi connectivity index (χ1) is 9.56. The van der Waals surface area contributed by atoms with E-state index in [2.05, 4.69) is 10.4 Å². The van der Waals surface area contributed by atoms with Crippen LogP contribution in [0.1, 0.15) is 22.3 Å². The van der Waals surface area contributed by atoms with E-state index in [4.69, 9.17) is 5.11 Å². The lowest BCUT2D eigenvalue weighted by molar-refractivity contribution is -0.116. The lowest BCUT2D eigenvalue weighted by Crippen LogP contribution is -2.15. The van der Waals surface area contributed by atoms with E-state index in [1.165, 1.54) is 6.07 Å². The largest absolute Gasteiger partial charge is 0.478 e. The summed E-state index contributed by atoms with van der Waals surface area (Å²) >= 11 is 0. The lowest BCUT2D eigenvalue weighted by Gasteiger charge is -2.08. The molecule has 0 fully saturated rings. The Bertz CT molecular complexity index is 621. The molecule has 2 rings (SSSR count). The zero-order chi connectivity index (χ0) is 14.5. The van der Waals surface area contributed by atoms with Crippen LogP contribution < -0.4 is 5.32 Å². The number of carboxylic acids is 1.